The molecule has 34 heavy (non-hydrogen) atoms. The van der Waals surface area contributed by atoms with Crippen LogP contribution < -0.4 is 10.1 Å². The van der Waals surface area contributed by atoms with E-state index < -0.39 is 11.6 Å². The molecule has 1 aliphatic heterocycles. The molecule has 0 radical (unpaired) electrons. The van der Waals surface area contributed by atoms with Crippen molar-refractivity contribution in [2.24, 2.45) is 0 Å². The Hall–Kier alpha value is -2.84. The van der Waals surface area contributed by atoms with Gasteiger partial charge < -0.3 is 10.1 Å². The van der Waals surface area contributed by atoms with Crippen LogP contribution in [0.3, 0.4) is 0 Å². The van der Waals surface area contributed by atoms with Crippen LogP contribution in [0.5, 0.6) is 5.75 Å². The van der Waals surface area contributed by atoms with Gasteiger partial charge in [-0.2, -0.15) is 0 Å². The van der Waals surface area contributed by atoms with Crippen LogP contribution in [-0.4, -0.2) is 46.9 Å². The monoisotopic (exact) mass is 526 g/mol. The zero-order valence-corrected chi connectivity index (χ0v) is 20.8. The lowest BCUT2D eigenvalue weighted by Crippen LogP contribution is -2.30. The molecule has 8 heteroatoms. The summed E-state index contributed by atoms with van der Waals surface area (Å²) in [6, 6.07) is 11.3. The Morgan fingerprint density at radius 3 is 2.79 bits per heavy atom. The van der Waals surface area contributed by atoms with Crippen molar-refractivity contribution in [1.29, 1.82) is 0 Å². The summed E-state index contributed by atoms with van der Waals surface area (Å²) < 4.78 is 21.4. The van der Waals surface area contributed by atoms with E-state index in [0.29, 0.717) is 35.8 Å². The van der Waals surface area contributed by atoms with Crippen LogP contribution in [0.1, 0.15) is 31.7 Å². The van der Waals surface area contributed by atoms with Crippen LogP contribution in [0, 0.1) is 0 Å². The smallest absolute Gasteiger partial charge is 0.195 e. The molecule has 0 bridgehead atoms. The van der Waals surface area contributed by atoms with Crippen molar-refractivity contribution in [2.75, 3.05) is 31.6 Å². The number of nitrogens with zero attached hydrogens (tertiary/aromatic N) is 3. The molecule has 1 N–H and O–H groups in total. The van der Waals surface area contributed by atoms with Crippen LogP contribution in [0.4, 0.5) is 15.9 Å². The highest BCUT2D eigenvalue weighted by molar-refractivity contribution is 9.10. The van der Waals surface area contributed by atoms with Crippen molar-refractivity contribution in [3.8, 4) is 5.75 Å². The number of aromatic nitrogens is 2. The third-order valence-corrected chi connectivity index (χ3v) is 6.29. The van der Waals surface area contributed by atoms with Gasteiger partial charge in [-0.3, -0.25) is 9.69 Å². The van der Waals surface area contributed by atoms with Gasteiger partial charge in [-0.25, -0.2) is 14.4 Å². The number of allylic oxidation sites excluding steroid dienone is 1. The van der Waals surface area contributed by atoms with Gasteiger partial charge in [0.15, 0.2) is 11.6 Å². The lowest BCUT2D eigenvalue weighted by Gasteiger charge is -2.24. The highest BCUT2D eigenvalue weighted by Crippen LogP contribution is 2.31. The minimum absolute atomic E-state index is 0.0984. The molecule has 6 nitrogen and oxygen atoms in total. The average molecular weight is 527 g/mol. The number of carbonyl (C=O) groups is 1. The maximum absolute atomic E-state index is 14.7. The molecule has 3 aromatic rings. The number of anilines is 2. The summed E-state index contributed by atoms with van der Waals surface area (Å²) in [7, 11) is 0. The fraction of sp³-hybridized carbons (Fsp3) is 0.346. The topological polar surface area (TPSA) is 67.4 Å². The molecule has 1 aromatic heterocycles. The van der Waals surface area contributed by atoms with E-state index in [1.807, 2.05) is 37.3 Å². The largest absolute Gasteiger partial charge is 0.494 e. The third-order valence-electron chi connectivity index (χ3n) is 5.80. The molecular weight excluding hydrogens is 499 g/mol. The predicted octanol–water partition coefficient (Wildman–Crippen LogP) is 5.99. The van der Waals surface area contributed by atoms with Crippen LogP contribution >= 0.6 is 15.9 Å². The molecule has 1 aliphatic rings. The SMILES string of the molecule is CCOc1cc2ncnc(Nc3cccc(Br)c3)c2cc1CC(=O)C(F)=CCN1CCCCC1. The highest BCUT2D eigenvalue weighted by Gasteiger charge is 2.17. The molecule has 2 aromatic carbocycles. The summed E-state index contributed by atoms with van der Waals surface area (Å²) in [4.78, 5) is 23.7. The zero-order valence-electron chi connectivity index (χ0n) is 19.2. The fourth-order valence-corrected chi connectivity index (χ4v) is 4.48. The summed E-state index contributed by atoms with van der Waals surface area (Å²) in [6.07, 6.45) is 6.24. The first kappa shape index (κ1) is 24.3. The highest BCUT2D eigenvalue weighted by atomic mass is 79.9. The van der Waals surface area contributed by atoms with Crippen LogP contribution in [0.2, 0.25) is 0 Å². The number of hydrogen-bond donors (Lipinski definition) is 1. The van der Waals surface area contributed by atoms with Gasteiger partial charge in [-0.15, -0.1) is 0 Å². The van der Waals surface area contributed by atoms with Crippen molar-refractivity contribution in [2.45, 2.75) is 32.6 Å². The summed E-state index contributed by atoms with van der Waals surface area (Å²) >= 11 is 3.47. The van der Waals surface area contributed by atoms with Crippen LogP contribution in [0.15, 0.2) is 59.1 Å². The summed E-state index contributed by atoms with van der Waals surface area (Å²) in [5, 5.41) is 4.03. The Bertz CT molecular complexity index is 1190. The molecule has 2 heterocycles. The molecule has 0 atom stereocenters. The molecule has 4 rings (SSSR count). The van der Waals surface area contributed by atoms with Crippen molar-refractivity contribution in [3.05, 3.63) is 64.7 Å². The molecule has 0 aliphatic carbocycles. The minimum Gasteiger partial charge on any atom is -0.494 e. The molecule has 0 unspecified atom stereocenters. The van der Waals surface area contributed by atoms with E-state index >= 15 is 0 Å². The predicted molar refractivity (Wildman–Crippen MR) is 136 cm³/mol. The van der Waals surface area contributed by atoms with E-state index in [1.165, 1.54) is 18.8 Å². The van der Waals surface area contributed by atoms with E-state index in [0.717, 1.165) is 41.5 Å². The summed E-state index contributed by atoms with van der Waals surface area (Å²) in [5.41, 5.74) is 2.13. The number of rotatable bonds is 9. The molecule has 178 valence electrons. The standard InChI is InChI=1S/C26H28BrFN4O2/c1-2-34-25-16-23-21(26(30-17-29-23)31-20-8-6-7-19(27)15-20)13-18(25)14-24(33)22(28)9-12-32-10-4-3-5-11-32/h6-9,13,15-17H,2-5,10-12,14H2,1H3,(H,29,30,31). The minimum atomic E-state index is -0.704. The maximum atomic E-state index is 14.7. The molecule has 0 spiro atoms. The van der Waals surface area contributed by atoms with E-state index in [-0.39, 0.29) is 6.42 Å². The number of carbonyl (C=O) groups excluding carboxylic acids is 1. The number of likely N-dealkylation sites (tertiary alicyclic amines) is 1. The number of benzene rings is 2. The van der Waals surface area contributed by atoms with Gasteiger partial charge in [-0.05, 0) is 63.2 Å². The molecule has 1 fully saturated rings. The van der Waals surface area contributed by atoms with Crippen molar-refractivity contribution in [3.63, 3.8) is 0 Å². The molecule has 0 amide bonds. The van der Waals surface area contributed by atoms with E-state index in [9.17, 15) is 9.18 Å². The number of ketones is 1. The number of nitrogens with one attached hydrogen (secondary N) is 1. The number of fused-ring (bicyclic) bond motifs is 1. The number of halogens is 2. The van der Waals surface area contributed by atoms with Crippen LogP contribution in [0.25, 0.3) is 10.9 Å². The van der Waals surface area contributed by atoms with Gasteiger partial charge in [-0.1, -0.05) is 28.4 Å². The first-order chi connectivity index (χ1) is 16.5. The maximum Gasteiger partial charge on any atom is 0.195 e. The number of Topliss-reactive ketones (excluding diaryl/α,β-unsaturated/α-hetero) is 1. The Morgan fingerprint density at radius 2 is 2.03 bits per heavy atom. The van der Waals surface area contributed by atoms with Gasteiger partial charge in [0.25, 0.3) is 0 Å². The first-order valence-electron chi connectivity index (χ1n) is 11.6. The Labute approximate surface area is 207 Å². The van der Waals surface area contributed by atoms with Crippen molar-refractivity contribution < 1.29 is 13.9 Å². The van der Waals surface area contributed by atoms with E-state index in [2.05, 4.69) is 36.1 Å². The van der Waals surface area contributed by atoms with Crippen LogP contribution in [-0.2, 0) is 11.2 Å². The second kappa shape index (κ2) is 11.5. The molecular formula is C26H28BrFN4O2. The normalized spacial score (nSPS) is 14.9. The molecule has 1 saturated heterocycles. The quantitative estimate of drug-likeness (QED) is 0.345. The Morgan fingerprint density at radius 1 is 1.21 bits per heavy atom. The van der Waals surface area contributed by atoms with E-state index in [1.54, 1.807) is 6.07 Å². The number of piperidine rings is 1. The van der Waals surface area contributed by atoms with Crippen molar-refractivity contribution >= 4 is 44.1 Å². The Kier molecular flexibility index (Phi) is 8.24. The summed E-state index contributed by atoms with van der Waals surface area (Å²) in [5.74, 6) is -0.138. The fourth-order valence-electron chi connectivity index (χ4n) is 4.08. The van der Waals surface area contributed by atoms with Gasteiger partial charge >= 0.3 is 0 Å². The van der Waals surface area contributed by atoms with Gasteiger partial charge in [0, 0.05) is 40.1 Å². The van der Waals surface area contributed by atoms with Gasteiger partial charge in [0.1, 0.15) is 17.9 Å². The Balaban J connectivity index is 1.59. The second-order valence-corrected chi connectivity index (χ2v) is 9.20. The zero-order chi connectivity index (χ0) is 23.9. The van der Waals surface area contributed by atoms with E-state index in [4.69, 9.17) is 4.74 Å². The summed E-state index contributed by atoms with van der Waals surface area (Å²) in [6.45, 7) is 4.65. The lowest BCUT2D eigenvalue weighted by molar-refractivity contribution is -0.116. The number of hydrogen-bond acceptors (Lipinski definition) is 6. The number of ether oxygens (including phenoxy) is 1. The second-order valence-electron chi connectivity index (χ2n) is 8.28. The molecule has 0 saturated carbocycles. The van der Waals surface area contributed by atoms with Gasteiger partial charge in [0.2, 0.25) is 0 Å². The average Bonchev–Trinajstić information content (AvgIpc) is 2.84. The third kappa shape index (κ3) is 6.18. The van der Waals surface area contributed by atoms with Gasteiger partial charge in [0.05, 0.1) is 12.1 Å². The lowest BCUT2D eigenvalue weighted by atomic mass is 10.0. The van der Waals surface area contributed by atoms with Crippen molar-refractivity contribution in [1.82, 2.24) is 14.9 Å². The first-order valence-corrected chi connectivity index (χ1v) is 12.4.